The van der Waals surface area contributed by atoms with Crippen LogP contribution in [0.15, 0.2) is 47.6 Å². The van der Waals surface area contributed by atoms with E-state index in [1.165, 1.54) is 26.4 Å². The Morgan fingerprint density at radius 3 is 2.38 bits per heavy atom. The Hall–Kier alpha value is -3.16. The molecule has 0 bridgehead atoms. The van der Waals surface area contributed by atoms with Crippen molar-refractivity contribution in [3.05, 3.63) is 53.6 Å². The molecular weight excluding hydrogens is 346 g/mol. The number of ether oxygens (including phenoxy) is 3. The fraction of sp³-hybridized carbons (Fsp3) is 0.222. The number of alkyl halides is 2. The van der Waals surface area contributed by atoms with E-state index in [9.17, 15) is 13.6 Å². The van der Waals surface area contributed by atoms with Gasteiger partial charge in [0.05, 0.1) is 19.9 Å². The zero-order chi connectivity index (χ0) is 19.1. The fourth-order valence-electron chi connectivity index (χ4n) is 2.20. The van der Waals surface area contributed by atoms with Crippen LogP contribution in [-0.4, -0.2) is 32.4 Å². The summed E-state index contributed by atoms with van der Waals surface area (Å²) < 4.78 is 39.7. The molecule has 0 heterocycles. The maximum Gasteiger partial charge on any atom is 0.387 e. The number of nitrogens with zero attached hydrogens (tertiary/aromatic N) is 1. The van der Waals surface area contributed by atoms with Crippen molar-refractivity contribution in [3.63, 3.8) is 0 Å². The molecule has 0 unspecified atom stereocenters. The van der Waals surface area contributed by atoms with E-state index in [2.05, 4.69) is 15.3 Å². The molecule has 1 amide bonds. The van der Waals surface area contributed by atoms with Gasteiger partial charge in [-0.05, 0) is 37.3 Å². The van der Waals surface area contributed by atoms with E-state index in [0.29, 0.717) is 28.3 Å². The van der Waals surface area contributed by atoms with Gasteiger partial charge in [0.2, 0.25) is 0 Å². The van der Waals surface area contributed by atoms with Crippen molar-refractivity contribution in [2.75, 3.05) is 14.2 Å². The van der Waals surface area contributed by atoms with Gasteiger partial charge in [-0.1, -0.05) is 12.1 Å². The number of rotatable bonds is 7. The summed E-state index contributed by atoms with van der Waals surface area (Å²) in [7, 11) is 2.95. The van der Waals surface area contributed by atoms with E-state index in [1.54, 1.807) is 37.3 Å². The third kappa shape index (κ3) is 4.69. The lowest BCUT2D eigenvalue weighted by atomic mass is 10.1. The highest BCUT2D eigenvalue weighted by Gasteiger charge is 2.13. The first kappa shape index (κ1) is 19.2. The lowest BCUT2D eigenvalue weighted by molar-refractivity contribution is -0.0499. The fourth-order valence-corrected chi connectivity index (χ4v) is 2.20. The minimum atomic E-state index is -2.95. The molecule has 1 N–H and O–H groups in total. The molecule has 2 rings (SSSR count). The number of carbonyl (C=O) groups excluding carboxylic acids is 1. The third-order valence-corrected chi connectivity index (χ3v) is 3.46. The molecule has 6 nitrogen and oxygen atoms in total. The molecule has 0 aliphatic heterocycles. The average Bonchev–Trinajstić information content (AvgIpc) is 2.65. The number of hydrazone groups is 1. The Kier molecular flexibility index (Phi) is 6.48. The van der Waals surface area contributed by atoms with Gasteiger partial charge in [0, 0.05) is 11.1 Å². The lowest BCUT2D eigenvalue weighted by Crippen LogP contribution is -2.19. The van der Waals surface area contributed by atoms with Gasteiger partial charge < -0.3 is 14.2 Å². The molecule has 0 spiro atoms. The van der Waals surface area contributed by atoms with Crippen LogP contribution in [-0.2, 0) is 0 Å². The monoisotopic (exact) mass is 364 g/mol. The zero-order valence-electron chi connectivity index (χ0n) is 14.5. The van der Waals surface area contributed by atoms with Crippen molar-refractivity contribution in [1.82, 2.24) is 5.43 Å². The van der Waals surface area contributed by atoms with Crippen LogP contribution in [0.1, 0.15) is 22.8 Å². The maximum absolute atomic E-state index is 12.5. The summed E-state index contributed by atoms with van der Waals surface area (Å²) >= 11 is 0. The number of nitrogens with one attached hydrogen (secondary N) is 1. The highest BCUT2D eigenvalue weighted by Crippen LogP contribution is 2.27. The summed E-state index contributed by atoms with van der Waals surface area (Å²) in [5, 5.41) is 3.96. The van der Waals surface area contributed by atoms with Crippen molar-refractivity contribution in [1.29, 1.82) is 0 Å². The van der Waals surface area contributed by atoms with Crippen molar-refractivity contribution < 1.29 is 27.8 Å². The molecule has 2 aromatic carbocycles. The molecule has 0 saturated heterocycles. The van der Waals surface area contributed by atoms with Crippen LogP contribution >= 0.6 is 0 Å². The first-order valence-corrected chi connectivity index (χ1v) is 7.57. The van der Waals surface area contributed by atoms with Gasteiger partial charge in [0.25, 0.3) is 5.91 Å². The number of amides is 1. The molecule has 0 aliphatic rings. The minimum absolute atomic E-state index is 0.0240. The Balaban J connectivity index is 2.18. The Morgan fingerprint density at radius 2 is 1.73 bits per heavy atom. The Morgan fingerprint density at radius 1 is 1.04 bits per heavy atom. The molecule has 0 fully saturated rings. The number of para-hydroxylation sites is 1. The summed E-state index contributed by atoms with van der Waals surface area (Å²) in [6.45, 7) is -1.38. The molecule has 0 radical (unpaired) electrons. The first-order valence-electron chi connectivity index (χ1n) is 7.57. The third-order valence-electron chi connectivity index (χ3n) is 3.46. The topological polar surface area (TPSA) is 69.2 Å². The number of methoxy groups -OCH3 is 2. The summed E-state index contributed by atoms with van der Waals surface area (Å²) in [5.74, 6) is 0.375. The average molecular weight is 364 g/mol. The molecule has 0 aromatic heterocycles. The van der Waals surface area contributed by atoms with Gasteiger partial charge in [-0.15, -0.1) is 0 Å². The van der Waals surface area contributed by atoms with Crippen LogP contribution in [0.25, 0.3) is 0 Å². The quantitative estimate of drug-likeness (QED) is 0.603. The molecule has 2 aromatic rings. The van der Waals surface area contributed by atoms with Crippen molar-refractivity contribution in [3.8, 4) is 17.2 Å². The van der Waals surface area contributed by atoms with Crippen molar-refractivity contribution in [2.45, 2.75) is 13.5 Å². The lowest BCUT2D eigenvalue weighted by Gasteiger charge is -2.11. The second-order valence-corrected chi connectivity index (χ2v) is 5.08. The van der Waals surface area contributed by atoms with Crippen LogP contribution in [0, 0.1) is 0 Å². The van der Waals surface area contributed by atoms with E-state index < -0.39 is 12.5 Å². The number of carbonyl (C=O) groups is 1. The van der Waals surface area contributed by atoms with Crippen LogP contribution in [0.4, 0.5) is 8.78 Å². The highest BCUT2D eigenvalue weighted by atomic mass is 19.3. The van der Waals surface area contributed by atoms with E-state index in [4.69, 9.17) is 9.47 Å². The van der Waals surface area contributed by atoms with Crippen molar-refractivity contribution in [2.24, 2.45) is 5.10 Å². The SMILES string of the molecule is COc1ccc(C(=O)N/N=C(\C)c2ccccc2OC(F)F)cc1OC. The molecule has 0 saturated carbocycles. The number of hydrogen-bond donors (Lipinski definition) is 1. The maximum atomic E-state index is 12.5. The largest absolute Gasteiger partial charge is 0.493 e. The molecule has 8 heteroatoms. The van der Waals surface area contributed by atoms with Gasteiger partial charge in [0.15, 0.2) is 11.5 Å². The van der Waals surface area contributed by atoms with Crippen molar-refractivity contribution >= 4 is 11.6 Å². The predicted octanol–water partition coefficient (Wildman–Crippen LogP) is 3.46. The van der Waals surface area contributed by atoms with Gasteiger partial charge >= 0.3 is 6.61 Å². The summed E-state index contributed by atoms with van der Waals surface area (Å²) in [5.41, 5.74) is 3.34. The van der Waals surface area contributed by atoms with Gasteiger partial charge in [-0.2, -0.15) is 13.9 Å². The molecular formula is C18H18F2N2O4. The second-order valence-electron chi connectivity index (χ2n) is 5.08. The number of benzene rings is 2. The first-order chi connectivity index (χ1) is 12.5. The summed E-state index contributed by atoms with van der Waals surface area (Å²) in [6, 6.07) is 10.8. The van der Waals surface area contributed by atoms with E-state index in [1.807, 2.05) is 0 Å². The summed E-state index contributed by atoms with van der Waals surface area (Å²) in [4.78, 5) is 12.2. The second kappa shape index (κ2) is 8.80. The van der Waals surface area contributed by atoms with Crippen LogP contribution in [0.5, 0.6) is 17.2 Å². The Labute approximate surface area is 149 Å². The highest BCUT2D eigenvalue weighted by molar-refractivity contribution is 6.02. The predicted molar refractivity (Wildman–Crippen MR) is 92.3 cm³/mol. The zero-order valence-corrected chi connectivity index (χ0v) is 14.5. The standard InChI is InChI=1S/C18H18F2N2O4/c1-11(13-6-4-5-7-14(13)26-18(19)20)21-22-17(23)12-8-9-15(24-2)16(10-12)25-3/h4-10,18H,1-3H3,(H,22,23)/b21-11+. The summed E-state index contributed by atoms with van der Waals surface area (Å²) in [6.07, 6.45) is 0. The van der Waals surface area contributed by atoms with Crippen LogP contribution in [0.3, 0.4) is 0 Å². The molecule has 138 valence electrons. The van der Waals surface area contributed by atoms with E-state index in [-0.39, 0.29) is 5.75 Å². The molecule has 0 atom stereocenters. The van der Waals surface area contributed by atoms with Crippen LogP contribution < -0.4 is 19.6 Å². The number of hydrogen-bond acceptors (Lipinski definition) is 5. The molecule has 0 aliphatic carbocycles. The van der Waals surface area contributed by atoms with Gasteiger partial charge in [-0.25, -0.2) is 5.43 Å². The van der Waals surface area contributed by atoms with Crippen LogP contribution in [0.2, 0.25) is 0 Å². The van der Waals surface area contributed by atoms with E-state index in [0.717, 1.165) is 0 Å². The Bertz CT molecular complexity index is 810. The number of halogens is 2. The minimum Gasteiger partial charge on any atom is -0.493 e. The van der Waals surface area contributed by atoms with E-state index >= 15 is 0 Å². The smallest absolute Gasteiger partial charge is 0.387 e. The molecule has 26 heavy (non-hydrogen) atoms. The van der Waals surface area contributed by atoms with Gasteiger partial charge in [0.1, 0.15) is 5.75 Å². The normalized spacial score (nSPS) is 11.2. The van der Waals surface area contributed by atoms with Gasteiger partial charge in [-0.3, -0.25) is 4.79 Å².